The number of hydrogen-bond donors (Lipinski definition) is 0. The highest BCUT2D eigenvalue weighted by molar-refractivity contribution is 6.65. The third-order valence-electron chi connectivity index (χ3n) is 2.60. The second-order valence-electron chi connectivity index (χ2n) is 4.16. The summed E-state index contributed by atoms with van der Waals surface area (Å²) in [7, 11) is 5.96. The molecule has 86 valence electrons. The Hall–Kier alpha value is 0.0969. The van der Waals surface area contributed by atoms with Gasteiger partial charge in [-0.25, -0.2) is 0 Å². The molecule has 0 heterocycles. The predicted octanol–water partition coefficient (Wildman–Crippen LogP) is 2.08. The summed E-state index contributed by atoms with van der Waals surface area (Å²) < 4.78 is 10.8. The molecular weight excluding hydrogens is 194 g/mol. The van der Waals surface area contributed by atoms with Gasteiger partial charge < -0.3 is 13.8 Å². The van der Waals surface area contributed by atoms with Crippen LogP contribution in [0.4, 0.5) is 0 Å². The Morgan fingerprint density at radius 1 is 1.00 bits per heavy atom. The first kappa shape index (κ1) is 14.1. The summed E-state index contributed by atoms with van der Waals surface area (Å²) in [5.41, 5.74) is 0. The third-order valence-corrected chi connectivity index (χ3v) is 5.59. The van der Waals surface area contributed by atoms with Crippen LogP contribution in [0.3, 0.4) is 0 Å². The van der Waals surface area contributed by atoms with Gasteiger partial charge in [-0.3, -0.25) is 0 Å². The number of nitrogens with zero attached hydrogens (tertiary/aromatic N) is 1. The first-order valence-electron chi connectivity index (χ1n) is 5.29. The molecule has 0 aliphatic carbocycles. The number of hydrogen-bond acceptors (Lipinski definition) is 3. The van der Waals surface area contributed by atoms with Gasteiger partial charge in [-0.15, -0.1) is 0 Å². The second-order valence-corrected chi connectivity index (χ2v) is 7.74. The molecule has 0 N–H and O–H groups in total. The van der Waals surface area contributed by atoms with Crippen LogP contribution in [0, 0.1) is 0 Å². The summed E-state index contributed by atoms with van der Waals surface area (Å²) in [5.74, 6) is 0. The lowest BCUT2D eigenvalue weighted by atomic mass is 10.2. The summed E-state index contributed by atoms with van der Waals surface area (Å²) >= 11 is 0. The first-order valence-corrected chi connectivity index (χ1v) is 7.81. The molecule has 0 aliphatic rings. The normalized spacial score (nSPS) is 12.4. The molecule has 0 rings (SSSR count). The molecule has 0 atom stereocenters. The van der Waals surface area contributed by atoms with Crippen LogP contribution in [-0.4, -0.2) is 48.3 Å². The highest BCUT2D eigenvalue weighted by atomic mass is 28.4. The van der Waals surface area contributed by atoms with Gasteiger partial charge in [0.1, 0.15) is 0 Å². The van der Waals surface area contributed by atoms with E-state index in [1.807, 2.05) is 0 Å². The van der Waals surface area contributed by atoms with Crippen LogP contribution in [0.5, 0.6) is 0 Å². The molecule has 0 unspecified atom stereocenters. The average Bonchev–Trinajstić information content (AvgIpc) is 2.16. The van der Waals surface area contributed by atoms with Gasteiger partial charge in [0.15, 0.2) is 0 Å². The van der Waals surface area contributed by atoms with E-state index in [1.165, 1.54) is 25.8 Å². The van der Waals surface area contributed by atoms with Gasteiger partial charge in [-0.1, -0.05) is 12.8 Å². The highest BCUT2D eigenvalue weighted by Crippen LogP contribution is 2.15. The monoisotopic (exact) mass is 219 g/mol. The van der Waals surface area contributed by atoms with Crippen molar-refractivity contribution in [2.75, 3.05) is 34.9 Å². The van der Waals surface area contributed by atoms with Crippen LogP contribution in [0.25, 0.3) is 0 Å². The Bertz CT molecular complexity index is 138. The zero-order chi connectivity index (χ0) is 11.0. The minimum Gasteiger partial charge on any atom is -0.398 e. The lowest BCUT2D eigenvalue weighted by Crippen LogP contribution is -2.35. The maximum atomic E-state index is 5.42. The van der Waals surface area contributed by atoms with E-state index in [4.69, 9.17) is 8.85 Å². The van der Waals surface area contributed by atoms with E-state index >= 15 is 0 Å². The largest absolute Gasteiger partial charge is 0.398 e. The summed E-state index contributed by atoms with van der Waals surface area (Å²) in [6.07, 6.45) is 3.76. The van der Waals surface area contributed by atoms with E-state index in [1.54, 1.807) is 14.2 Å². The van der Waals surface area contributed by atoms with E-state index in [0.717, 1.165) is 6.04 Å². The molecule has 0 saturated heterocycles. The molecule has 0 aliphatic heterocycles. The third kappa shape index (κ3) is 6.54. The molecule has 0 radical (unpaired) electrons. The number of unbranched alkanes of at least 4 members (excludes halogenated alkanes) is 2. The van der Waals surface area contributed by atoms with Gasteiger partial charge in [0.25, 0.3) is 0 Å². The average molecular weight is 219 g/mol. The van der Waals surface area contributed by atoms with Crippen LogP contribution >= 0.6 is 0 Å². The topological polar surface area (TPSA) is 21.7 Å². The fourth-order valence-electron chi connectivity index (χ4n) is 1.34. The van der Waals surface area contributed by atoms with Gasteiger partial charge >= 0.3 is 8.56 Å². The van der Waals surface area contributed by atoms with Crippen LogP contribution in [0.15, 0.2) is 0 Å². The lowest BCUT2D eigenvalue weighted by molar-refractivity contribution is 0.248. The maximum Gasteiger partial charge on any atom is 0.334 e. The first-order chi connectivity index (χ1) is 6.54. The van der Waals surface area contributed by atoms with Gasteiger partial charge in [-0.2, -0.15) is 0 Å². The van der Waals surface area contributed by atoms with E-state index in [2.05, 4.69) is 25.5 Å². The van der Waals surface area contributed by atoms with Gasteiger partial charge in [0.05, 0.1) is 0 Å². The SMILES string of the molecule is CO[Si](C)(CCCCCN(C)C)OC. The van der Waals surface area contributed by atoms with Crippen molar-refractivity contribution in [2.24, 2.45) is 0 Å². The Balaban J connectivity index is 3.43. The quantitative estimate of drug-likeness (QED) is 0.461. The van der Waals surface area contributed by atoms with Crippen molar-refractivity contribution < 1.29 is 8.85 Å². The summed E-state index contributed by atoms with van der Waals surface area (Å²) in [6.45, 7) is 3.30. The van der Waals surface area contributed by atoms with E-state index in [9.17, 15) is 0 Å². The van der Waals surface area contributed by atoms with E-state index in [0.29, 0.717) is 0 Å². The zero-order valence-corrected chi connectivity index (χ0v) is 11.3. The Morgan fingerprint density at radius 3 is 2.00 bits per heavy atom. The van der Waals surface area contributed by atoms with Crippen molar-refractivity contribution in [3.63, 3.8) is 0 Å². The van der Waals surface area contributed by atoms with Crippen molar-refractivity contribution in [3.8, 4) is 0 Å². The maximum absolute atomic E-state index is 5.42. The van der Waals surface area contributed by atoms with Crippen molar-refractivity contribution >= 4 is 8.56 Å². The van der Waals surface area contributed by atoms with Gasteiger partial charge in [-0.05, 0) is 39.7 Å². The molecule has 0 aromatic heterocycles. The predicted molar refractivity (Wildman–Crippen MR) is 62.8 cm³/mol. The Labute approximate surface area is 89.6 Å². The summed E-state index contributed by atoms with van der Waals surface area (Å²) in [4.78, 5) is 2.23. The fourth-order valence-corrected chi connectivity index (χ4v) is 2.81. The van der Waals surface area contributed by atoms with Crippen molar-refractivity contribution in [1.29, 1.82) is 0 Å². The Kier molecular flexibility index (Phi) is 7.45. The zero-order valence-electron chi connectivity index (χ0n) is 10.3. The van der Waals surface area contributed by atoms with E-state index in [-0.39, 0.29) is 0 Å². The van der Waals surface area contributed by atoms with Crippen LogP contribution in [-0.2, 0) is 8.85 Å². The summed E-state index contributed by atoms with van der Waals surface area (Å²) in [6, 6.07) is 1.10. The smallest absolute Gasteiger partial charge is 0.334 e. The number of rotatable bonds is 8. The summed E-state index contributed by atoms with van der Waals surface area (Å²) in [5, 5.41) is 0. The fraction of sp³-hybridized carbons (Fsp3) is 1.00. The highest BCUT2D eigenvalue weighted by Gasteiger charge is 2.27. The Morgan fingerprint density at radius 2 is 1.57 bits per heavy atom. The molecule has 4 heteroatoms. The molecule has 0 fully saturated rings. The van der Waals surface area contributed by atoms with Gasteiger partial charge in [0, 0.05) is 14.2 Å². The minimum atomic E-state index is -1.79. The molecule has 0 bridgehead atoms. The van der Waals surface area contributed by atoms with Crippen molar-refractivity contribution in [2.45, 2.75) is 31.9 Å². The van der Waals surface area contributed by atoms with Gasteiger partial charge in [0.2, 0.25) is 0 Å². The van der Waals surface area contributed by atoms with Crippen LogP contribution < -0.4 is 0 Å². The van der Waals surface area contributed by atoms with Crippen molar-refractivity contribution in [1.82, 2.24) is 4.90 Å². The minimum absolute atomic E-state index is 1.10. The molecular formula is C10H25NO2Si. The standard InChI is InChI=1S/C10H25NO2Si/c1-11(2)9-7-6-8-10-14(5,12-3)13-4/h6-10H2,1-5H3. The van der Waals surface area contributed by atoms with E-state index < -0.39 is 8.56 Å². The molecule has 0 aromatic rings. The molecule has 0 aromatic carbocycles. The molecule has 0 amide bonds. The van der Waals surface area contributed by atoms with Crippen LogP contribution in [0.2, 0.25) is 12.6 Å². The molecule has 0 spiro atoms. The van der Waals surface area contributed by atoms with Crippen molar-refractivity contribution in [3.05, 3.63) is 0 Å². The second kappa shape index (κ2) is 7.40. The molecule has 14 heavy (non-hydrogen) atoms. The lowest BCUT2D eigenvalue weighted by Gasteiger charge is -2.22. The van der Waals surface area contributed by atoms with Crippen LogP contribution in [0.1, 0.15) is 19.3 Å². The molecule has 0 saturated carbocycles. The molecule has 3 nitrogen and oxygen atoms in total.